The van der Waals surface area contributed by atoms with Gasteiger partial charge in [0.05, 0.1) is 12.5 Å². The number of nitrogens with zero attached hydrogens (tertiary/aromatic N) is 1. The van der Waals surface area contributed by atoms with Crippen molar-refractivity contribution in [2.24, 2.45) is 5.92 Å². The predicted molar refractivity (Wildman–Crippen MR) is 59.5 cm³/mol. The topological polar surface area (TPSA) is 52.6 Å². The van der Waals surface area contributed by atoms with Crippen LogP contribution in [0.4, 0.5) is 0 Å². The maximum Gasteiger partial charge on any atom is 0.225 e. The Balaban J connectivity index is 2.27. The maximum absolute atomic E-state index is 11.6. The molecular formula is C11H22N2O2. The third-order valence-corrected chi connectivity index (χ3v) is 2.93. The van der Waals surface area contributed by atoms with Crippen LogP contribution in [0.5, 0.6) is 0 Å². The van der Waals surface area contributed by atoms with Crippen LogP contribution in [0.25, 0.3) is 0 Å². The summed E-state index contributed by atoms with van der Waals surface area (Å²) in [5.74, 6) is 0.790. The number of carbonyl (C=O) groups is 1. The van der Waals surface area contributed by atoms with Crippen molar-refractivity contribution >= 4 is 5.91 Å². The molecule has 0 aromatic heterocycles. The van der Waals surface area contributed by atoms with E-state index < -0.39 is 6.10 Å². The zero-order valence-electron chi connectivity index (χ0n) is 9.70. The van der Waals surface area contributed by atoms with E-state index in [0.717, 1.165) is 32.5 Å². The van der Waals surface area contributed by atoms with Crippen LogP contribution in [-0.4, -0.2) is 48.7 Å². The smallest absolute Gasteiger partial charge is 0.225 e. The van der Waals surface area contributed by atoms with E-state index in [9.17, 15) is 4.79 Å². The summed E-state index contributed by atoms with van der Waals surface area (Å²) in [4.78, 5) is 13.5. The number of rotatable bonds is 4. The Hall–Kier alpha value is -0.610. The number of hydrogen-bond donors (Lipinski definition) is 2. The standard InChI is InChI=1S/C11H22N2O2/c1-9(14)7-11(15)13-5-3-10(4-6-13)8-12-2/h9-10,12,14H,3-8H2,1-2H3. The molecule has 1 aliphatic rings. The minimum Gasteiger partial charge on any atom is -0.393 e. The molecule has 0 radical (unpaired) electrons. The molecule has 0 bridgehead atoms. The predicted octanol–water partition coefficient (Wildman–Crippen LogP) is 0.215. The van der Waals surface area contributed by atoms with E-state index in [0.29, 0.717) is 5.92 Å². The van der Waals surface area contributed by atoms with E-state index in [4.69, 9.17) is 5.11 Å². The summed E-state index contributed by atoms with van der Waals surface area (Å²) in [5, 5.41) is 12.3. The van der Waals surface area contributed by atoms with Crippen LogP contribution in [0.1, 0.15) is 26.2 Å². The van der Waals surface area contributed by atoms with Gasteiger partial charge in [-0.15, -0.1) is 0 Å². The largest absolute Gasteiger partial charge is 0.393 e. The second-order valence-corrected chi connectivity index (χ2v) is 4.43. The average Bonchev–Trinajstić information content (AvgIpc) is 2.18. The molecule has 1 atom stereocenters. The van der Waals surface area contributed by atoms with Gasteiger partial charge in [0.25, 0.3) is 0 Å². The minimum atomic E-state index is -0.521. The van der Waals surface area contributed by atoms with Crippen molar-refractivity contribution in [2.45, 2.75) is 32.3 Å². The van der Waals surface area contributed by atoms with Crippen molar-refractivity contribution in [3.05, 3.63) is 0 Å². The molecule has 1 fully saturated rings. The van der Waals surface area contributed by atoms with Gasteiger partial charge in [0, 0.05) is 13.1 Å². The molecule has 0 saturated carbocycles. The van der Waals surface area contributed by atoms with Crippen molar-refractivity contribution in [3.8, 4) is 0 Å². The lowest BCUT2D eigenvalue weighted by Crippen LogP contribution is -2.41. The summed E-state index contributed by atoms with van der Waals surface area (Å²) in [7, 11) is 1.96. The average molecular weight is 214 g/mol. The number of nitrogens with one attached hydrogen (secondary N) is 1. The molecular weight excluding hydrogens is 192 g/mol. The SMILES string of the molecule is CNCC1CCN(C(=O)CC(C)O)CC1. The van der Waals surface area contributed by atoms with Gasteiger partial charge in [-0.1, -0.05) is 0 Å². The second-order valence-electron chi connectivity index (χ2n) is 4.43. The number of piperidine rings is 1. The highest BCUT2D eigenvalue weighted by atomic mass is 16.3. The number of aliphatic hydroxyl groups excluding tert-OH is 1. The lowest BCUT2D eigenvalue weighted by Gasteiger charge is -2.32. The second kappa shape index (κ2) is 6.08. The molecule has 2 N–H and O–H groups in total. The third-order valence-electron chi connectivity index (χ3n) is 2.93. The molecule has 0 aliphatic carbocycles. The summed E-state index contributed by atoms with van der Waals surface area (Å²) in [5.41, 5.74) is 0. The number of amides is 1. The molecule has 1 unspecified atom stereocenters. The number of hydrogen-bond acceptors (Lipinski definition) is 3. The van der Waals surface area contributed by atoms with Gasteiger partial charge in [-0.25, -0.2) is 0 Å². The van der Waals surface area contributed by atoms with Crippen LogP contribution in [0, 0.1) is 5.92 Å². The van der Waals surface area contributed by atoms with Crippen molar-refractivity contribution in [2.75, 3.05) is 26.7 Å². The van der Waals surface area contributed by atoms with Gasteiger partial charge < -0.3 is 15.3 Å². The van der Waals surface area contributed by atoms with E-state index in [1.54, 1.807) is 6.92 Å². The Morgan fingerprint density at radius 2 is 2.13 bits per heavy atom. The first kappa shape index (κ1) is 12.5. The van der Waals surface area contributed by atoms with Gasteiger partial charge in [-0.3, -0.25) is 4.79 Å². The van der Waals surface area contributed by atoms with E-state index in [1.165, 1.54) is 0 Å². The molecule has 88 valence electrons. The fourth-order valence-electron chi connectivity index (χ4n) is 2.06. The normalized spacial score (nSPS) is 20.3. The fraction of sp³-hybridized carbons (Fsp3) is 0.909. The Morgan fingerprint density at radius 1 is 1.53 bits per heavy atom. The number of aliphatic hydroxyl groups is 1. The van der Waals surface area contributed by atoms with Crippen LogP contribution < -0.4 is 5.32 Å². The van der Waals surface area contributed by atoms with Crippen LogP contribution in [-0.2, 0) is 4.79 Å². The lowest BCUT2D eigenvalue weighted by molar-refractivity contribution is -0.134. The van der Waals surface area contributed by atoms with Crippen molar-refractivity contribution in [3.63, 3.8) is 0 Å². The number of carbonyl (C=O) groups excluding carboxylic acids is 1. The molecule has 0 aromatic rings. The van der Waals surface area contributed by atoms with E-state index in [2.05, 4.69) is 5.32 Å². The van der Waals surface area contributed by atoms with E-state index >= 15 is 0 Å². The minimum absolute atomic E-state index is 0.0907. The highest BCUT2D eigenvalue weighted by molar-refractivity contribution is 5.76. The zero-order chi connectivity index (χ0) is 11.3. The van der Waals surface area contributed by atoms with Crippen LogP contribution in [0.15, 0.2) is 0 Å². The van der Waals surface area contributed by atoms with E-state index in [1.807, 2.05) is 11.9 Å². The fourth-order valence-corrected chi connectivity index (χ4v) is 2.06. The highest BCUT2D eigenvalue weighted by Gasteiger charge is 2.22. The maximum atomic E-state index is 11.6. The van der Waals surface area contributed by atoms with Crippen LogP contribution in [0.3, 0.4) is 0 Å². The summed E-state index contributed by atoms with van der Waals surface area (Å²) in [6.45, 7) is 4.39. The first-order valence-electron chi connectivity index (χ1n) is 5.74. The lowest BCUT2D eigenvalue weighted by atomic mass is 9.96. The summed E-state index contributed by atoms with van der Waals surface area (Å²) in [6.07, 6.45) is 1.89. The molecule has 1 heterocycles. The Kier molecular flexibility index (Phi) is 5.05. The van der Waals surface area contributed by atoms with Gasteiger partial charge in [0.15, 0.2) is 0 Å². The molecule has 0 spiro atoms. The van der Waals surface area contributed by atoms with Gasteiger partial charge in [-0.05, 0) is 39.3 Å². The zero-order valence-corrected chi connectivity index (χ0v) is 9.70. The van der Waals surface area contributed by atoms with Crippen LogP contribution in [0.2, 0.25) is 0 Å². The molecule has 15 heavy (non-hydrogen) atoms. The van der Waals surface area contributed by atoms with Crippen molar-refractivity contribution in [1.82, 2.24) is 10.2 Å². The highest BCUT2D eigenvalue weighted by Crippen LogP contribution is 2.17. The molecule has 0 aromatic carbocycles. The van der Waals surface area contributed by atoms with E-state index in [-0.39, 0.29) is 12.3 Å². The molecule has 1 saturated heterocycles. The number of likely N-dealkylation sites (tertiary alicyclic amines) is 1. The summed E-state index contributed by atoms with van der Waals surface area (Å²) >= 11 is 0. The van der Waals surface area contributed by atoms with Gasteiger partial charge in [-0.2, -0.15) is 0 Å². The van der Waals surface area contributed by atoms with Gasteiger partial charge in [0.1, 0.15) is 0 Å². The Bertz CT molecular complexity index is 199. The monoisotopic (exact) mass is 214 g/mol. The van der Waals surface area contributed by atoms with Gasteiger partial charge >= 0.3 is 0 Å². The molecule has 4 heteroatoms. The summed E-state index contributed by atoms with van der Waals surface area (Å²) < 4.78 is 0. The van der Waals surface area contributed by atoms with Gasteiger partial charge in [0.2, 0.25) is 5.91 Å². The molecule has 1 rings (SSSR count). The van der Waals surface area contributed by atoms with Crippen molar-refractivity contribution in [1.29, 1.82) is 0 Å². The molecule has 1 aliphatic heterocycles. The molecule has 1 amide bonds. The first-order chi connectivity index (χ1) is 7.13. The van der Waals surface area contributed by atoms with Crippen LogP contribution >= 0.6 is 0 Å². The third kappa shape index (κ3) is 4.18. The Morgan fingerprint density at radius 3 is 2.60 bits per heavy atom. The quantitative estimate of drug-likeness (QED) is 0.703. The first-order valence-corrected chi connectivity index (χ1v) is 5.74. The molecule has 4 nitrogen and oxygen atoms in total. The summed E-state index contributed by atoms with van der Waals surface area (Å²) in [6, 6.07) is 0. The van der Waals surface area contributed by atoms with Crippen molar-refractivity contribution < 1.29 is 9.90 Å². The Labute approximate surface area is 91.6 Å².